The number of nitrogens with zero attached hydrogens (tertiary/aromatic N) is 1. The first kappa shape index (κ1) is 9.98. The average molecular weight is 220 g/mol. The summed E-state index contributed by atoms with van der Waals surface area (Å²) in [6, 6.07) is 8.51. The normalized spacial score (nSPS) is 10.2. The van der Waals surface area contributed by atoms with E-state index < -0.39 is 0 Å². The van der Waals surface area contributed by atoms with Crippen molar-refractivity contribution < 1.29 is 4.39 Å². The molecule has 15 heavy (non-hydrogen) atoms. The molecule has 1 aromatic carbocycles. The molecule has 4 heteroatoms. The van der Waals surface area contributed by atoms with Gasteiger partial charge in [-0.25, -0.2) is 4.39 Å². The standard InChI is InChI=1S/C11H9FN2S/c12-9-2-1-3-10(11(9)13)15-8-4-6-14-7-5-8/h1-7H,13H2. The second-order valence-corrected chi connectivity index (χ2v) is 4.05. The zero-order valence-corrected chi connectivity index (χ0v) is 8.67. The Morgan fingerprint density at radius 3 is 2.60 bits per heavy atom. The molecule has 2 rings (SSSR count). The van der Waals surface area contributed by atoms with Gasteiger partial charge in [-0.15, -0.1) is 0 Å². The lowest BCUT2D eigenvalue weighted by atomic mass is 10.3. The van der Waals surface area contributed by atoms with Gasteiger partial charge in [0.25, 0.3) is 0 Å². The highest BCUT2D eigenvalue weighted by molar-refractivity contribution is 7.99. The Balaban J connectivity index is 2.29. The quantitative estimate of drug-likeness (QED) is 0.791. The molecule has 76 valence electrons. The zero-order chi connectivity index (χ0) is 10.7. The maximum Gasteiger partial charge on any atom is 0.147 e. The molecule has 2 N–H and O–H groups in total. The minimum Gasteiger partial charge on any atom is -0.395 e. The van der Waals surface area contributed by atoms with E-state index in [1.807, 2.05) is 12.1 Å². The second kappa shape index (κ2) is 4.31. The number of hydrogen-bond donors (Lipinski definition) is 1. The first-order valence-electron chi connectivity index (χ1n) is 4.39. The van der Waals surface area contributed by atoms with E-state index in [4.69, 9.17) is 5.73 Å². The Bertz CT molecular complexity index is 459. The van der Waals surface area contributed by atoms with Crippen LogP contribution in [0.2, 0.25) is 0 Å². The molecule has 2 aromatic rings. The summed E-state index contributed by atoms with van der Waals surface area (Å²) in [5.41, 5.74) is 5.81. The molecular weight excluding hydrogens is 211 g/mol. The van der Waals surface area contributed by atoms with E-state index in [9.17, 15) is 4.39 Å². The van der Waals surface area contributed by atoms with Crippen LogP contribution in [0.25, 0.3) is 0 Å². The molecule has 0 amide bonds. The van der Waals surface area contributed by atoms with Gasteiger partial charge in [0.2, 0.25) is 0 Å². The molecule has 0 unspecified atom stereocenters. The molecule has 0 spiro atoms. The fraction of sp³-hybridized carbons (Fsp3) is 0. The molecule has 0 radical (unpaired) electrons. The Morgan fingerprint density at radius 2 is 1.87 bits per heavy atom. The topological polar surface area (TPSA) is 38.9 Å². The van der Waals surface area contributed by atoms with Gasteiger partial charge in [0.1, 0.15) is 5.82 Å². The number of hydrogen-bond acceptors (Lipinski definition) is 3. The van der Waals surface area contributed by atoms with Crippen molar-refractivity contribution >= 4 is 17.4 Å². The smallest absolute Gasteiger partial charge is 0.147 e. The minimum absolute atomic E-state index is 0.194. The molecule has 0 atom stereocenters. The lowest BCUT2D eigenvalue weighted by Crippen LogP contribution is -1.92. The molecular formula is C11H9FN2S. The van der Waals surface area contributed by atoms with Gasteiger partial charge in [-0.1, -0.05) is 17.8 Å². The van der Waals surface area contributed by atoms with Crippen molar-refractivity contribution in [3.8, 4) is 0 Å². The Kier molecular flexibility index (Phi) is 2.87. The number of para-hydroxylation sites is 1. The monoisotopic (exact) mass is 220 g/mol. The third-order valence-corrected chi connectivity index (χ3v) is 2.97. The summed E-state index contributed by atoms with van der Waals surface area (Å²) in [5.74, 6) is -0.381. The lowest BCUT2D eigenvalue weighted by Gasteiger charge is -2.05. The van der Waals surface area contributed by atoms with Crippen molar-refractivity contribution in [1.29, 1.82) is 0 Å². The van der Waals surface area contributed by atoms with Crippen LogP contribution >= 0.6 is 11.8 Å². The van der Waals surface area contributed by atoms with Crippen LogP contribution < -0.4 is 5.73 Å². The first-order chi connectivity index (χ1) is 7.27. The summed E-state index contributed by atoms with van der Waals surface area (Å²) >= 11 is 1.42. The van der Waals surface area contributed by atoms with Gasteiger partial charge in [0.15, 0.2) is 0 Å². The van der Waals surface area contributed by atoms with Gasteiger partial charge in [0.05, 0.1) is 5.69 Å². The average Bonchev–Trinajstić information content (AvgIpc) is 2.26. The highest BCUT2D eigenvalue weighted by Gasteiger charge is 2.05. The van der Waals surface area contributed by atoms with E-state index in [0.29, 0.717) is 0 Å². The predicted molar refractivity (Wildman–Crippen MR) is 59.2 cm³/mol. The number of nitrogens with two attached hydrogens (primary N) is 1. The number of anilines is 1. The number of aromatic nitrogens is 1. The largest absolute Gasteiger partial charge is 0.395 e. The maximum absolute atomic E-state index is 13.1. The summed E-state index contributed by atoms with van der Waals surface area (Å²) in [7, 11) is 0. The number of nitrogen functional groups attached to an aromatic ring is 1. The number of benzene rings is 1. The van der Waals surface area contributed by atoms with Crippen LogP contribution in [0, 0.1) is 5.82 Å². The van der Waals surface area contributed by atoms with Crippen LogP contribution in [-0.2, 0) is 0 Å². The van der Waals surface area contributed by atoms with Gasteiger partial charge in [-0.3, -0.25) is 4.98 Å². The number of halogens is 1. The van der Waals surface area contributed by atoms with Crippen molar-refractivity contribution in [2.75, 3.05) is 5.73 Å². The Morgan fingerprint density at radius 1 is 1.13 bits per heavy atom. The molecule has 1 heterocycles. The molecule has 0 saturated heterocycles. The van der Waals surface area contributed by atoms with Crippen LogP contribution in [0.5, 0.6) is 0 Å². The summed E-state index contributed by atoms with van der Waals surface area (Å²) in [4.78, 5) is 5.62. The summed E-state index contributed by atoms with van der Waals surface area (Å²) in [6.07, 6.45) is 3.38. The van der Waals surface area contributed by atoms with Gasteiger partial charge in [-0.05, 0) is 24.3 Å². The SMILES string of the molecule is Nc1c(F)cccc1Sc1ccncc1. The number of pyridine rings is 1. The Hall–Kier alpha value is -1.55. The van der Waals surface area contributed by atoms with Crippen LogP contribution in [-0.4, -0.2) is 4.98 Å². The predicted octanol–water partition coefficient (Wildman–Crippen LogP) is 2.95. The molecule has 0 saturated carbocycles. The molecule has 0 aliphatic carbocycles. The molecule has 0 aliphatic rings. The van der Waals surface area contributed by atoms with E-state index in [1.165, 1.54) is 17.8 Å². The van der Waals surface area contributed by atoms with Crippen molar-refractivity contribution in [2.24, 2.45) is 0 Å². The van der Waals surface area contributed by atoms with E-state index in [2.05, 4.69) is 4.98 Å². The Labute approximate surface area is 91.3 Å². The minimum atomic E-state index is -0.381. The fourth-order valence-corrected chi connectivity index (χ4v) is 2.01. The molecule has 0 bridgehead atoms. The molecule has 0 fully saturated rings. The van der Waals surface area contributed by atoms with Gasteiger partial charge >= 0.3 is 0 Å². The van der Waals surface area contributed by atoms with E-state index in [0.717, 1.165) is 9.79 Å². The van der Waals surface area contributed by atoms with E-state index >= 15 is 0 Å². The van der Waals surface area contributed by atoms with Gasteiger partial charge < -0.3 is 5.73 Å². The number of rotatable bonds is 2. The highest BCUT2D eigenvalue weighted by atomic mass is 32.2. The molecule has 0 aliphatic heterocycles. The third-order valence-electron chi connectivity index (χ3n) is 1.89. The van der Waals surface area contributed by atoms with Crippen LogP contribution in [0.3, 0.4) is 0 Å². The van der Waals surface area contributed by atoms with Crippen LogP contribution in [0.1, 0.15) is 0 Å². The summed E-state index contributed by atoms with van der Waals surface area (Å²) in [6.45, 7) is 0. The molecule has 1 aromatic heterocycles. The van der Waals surface area contributed by atoms with E-state index in [-0.39, 0.29) is 11.5 Å². The van der Waals surface area contributed by atoms with Crippen molar-refractivity contribution in [1.82, 2.24) is 4.98 Å². The van der Waals surface area contributed by atoms with E-state index in [1.54, 1.807) is 24.5 Å². The maximum atomic E-state index is 13.1. The summed E-state index contributed by atoms with van der Waals surface area (Å²) in [5, 5.41) is 0. The van der Waals surface area contributed by atoms with Gasteiger partial charge in [0, 0.05) is 22.2 Å². The fourth-order valence-electron chi connectivity index (χ4n) is 1.14. The molecule has 2 nitrogen and oxygen atoms in total. The van der Waals surface area contributed by atoms with Crippen LogP contribution in [0.4, 0.5) is 10.1 Å². The first-order valence-corrected chi connectivity index (χ1v) is 5.21. The van der Waals surface area contributed by atoms with Crippen LogP contribution in [0.15, 0.2) is 52.5 Å². The highest BCUT2D eigenvalue weighted by Crippen LogP contribution is 2.32. The van der Waals surface area contributed by atoms with Crippen molar-refractivity contribution in [3.63, 3.8) is 0 Å². The van der Waals surface area contributed by atoms with Gasteiger partial charge in [-0.2, -0.15) is 0 Å². The third kappa shape index (κ3) is 2.27. The van der Waals surface area contributed by atoms with Crippen molar-refractivity contribution in [2.45, 2.75) is 9.79 Å². The summed E-state index contributed by atoms with van der Waals surface area (Å²) < 4.78 is 13.1. The lowest BCUT2D eigenvalue weighted by molar-refractivity contribution is 0.629. The zero-order valence-electron chi connectivity index (χ0n) is 7.85. The van der Waals surface area contributed by atoms with Crippen molar-refractivity contribution in [3.05, 3.63) is 48.5 Å². The second-order valence-electron chi connectivity index (χ2n) is 2.94.